The van der Waals surface area contributed by atoms with Crippen molar-refractivity contribution < 1.29 is 8.83 Å². The molecule has 9 aromatic rings. The zero-order valence-electron chi connectivity index (χ0n) is 26.4. The maximum Gasteiger partial charge on any atom is 0.153 e. The Balaban J connectivity index is 1.15. The molecular weight excluding hydrogens is 603 g/mol. The Morgan fingerprint density at radius 2 is 1.31 bits per heavy atom. The van der Waals surface area contributed by atoms with E-state index >= 15 is 0 Å². The van der Waals surface area contributed by atoms with Crippen LogP contribution in [0.2, 0.25) is 0 Å². The summed E-state index contributed by atoms with van der Waals surface area (Å²) in [5, 5.41) is 8.05. The maximum atomic E-state index is 6.33. The summed E-state index contributed by atoms with van der Waals surface area (Å²) in [6, 6.07) is 49.1. The topological polar surface area (TPSA) is 54.4 Å². The van der Waals surface area contributed by atoms with E-state index in [0.717, 1.165) is 73.7 Å². The van der Waals surface area contributed by atoms with Gasteiger partial charge in [0.1, 0.15) is 16.7 Å². The van der Waals surface area contributed by atoms with Gasteiger partial charge in [-0.05, 0) is 93.7 Å². The first-order valence-corrected chi connectivity index (χ1v) is 16.5. The Bertz CT molecular complexity index is 2720. The summed E-state index contributed by atoms with van der Waals surface area (Å²) in [5.41, 5.74) is 12.2. The van der Waals surface area contributed by atoms with Gasteiger partial charge in [-0.1, -0.05) is 91.0 Å². The molecule has 4 heterocycles. The average molecular weight is 632 g/mol. The van der Waals surface area contributed by atoms with E-state index in [1.165, 1.54) is 27.5 Å². The first-order chi connectivity index (χ1) is 24.3. The maximum absolute atomic E-state index is 6.33. The van der Waals surface area contributed by atoms with Crippen molar-refractivity contribution in [1.29, 1.82) is 0 Å². The largest absolute Gasteiger partial charge is 0.454 e. The van der Waals surface area contributed by atoms with E-state index in [-0.39, 0.29) is 0 Å². The second-order valence-electron chi connectivity index (χ2n) is 12.4. The van der Waals surface area contributed by atoms with E-state index in [2.05, 4.69) is 143 Å². The fourth-order valence-electron chi connectivity index (χ4n) is 7.32. The number of pyridine rings is 1. The molecule has 0 amide bonds. The third kappa shape index (κ3) is 4.44. The van der Waals surface area contributed by atoms with Crippen LogP contribution in [0.25, 0.3) is 72.1 Å². The van der Waals surface area contributed by atoms with Crippen LogP contribution in [-0.2, 0) is 0 Å². The predicted molar refractivity (Wildman–Crippen MR) is 202 cm³/mol. The fraction of sp³-hybridized carbons (Fsp3) is 0.0227. The first kappa shape index (κ1) is 27.5. The van der Waals surface area contributed by atoms with E-state index in [1.807, 2.05) is 30.5 Å². The molecule has 10 rings (SSSR count). The standard InChI is InChI=1S/C44H29N3O2/c1-2-9-28(10-3-1)32-22-23-33(35-12-5-4-11-34(32)35)29-17-19-30(20-18-29)47(31-21-24-38-36(27-31)43-40(48-38)15-7-25-45-43)37-13-6-14-39-42(37)44-41(49-39)16-8-26-46-44/h1-25,27,46H,26H2. The van der Waals surface area contributed by atoms with Gasteiger partial charge in [0.05, 0.1) is 16.8 Å². The zero-order chi connectivity index (χ0) is 32.3. The molecule has 0 aliphatic carbocycles. The van der Waals surface area contributed by atoms with E-state index < -0.39 is 0 Å². The molecule has 1 aliphatic rings. The zero-order valence-corrected chi connectivity index (χ0v) is 26.4. The second kappa shape index (κ2) is 11.0. The number of hydrogen-bond acceptors (Lipinski definition) is 5. The second-order valence-corrected chi connectivity index (χ2v) is 12.4. The van der Waals surface area contributed by atoms with Crippen molar-refractivity contribution in [3.05, 3.63) is 158 Å². The molecule has 0 unspecified atom stereocenters. The lowest BCUT2D eigenvalue weighted by atomic mass is 9.92. The minimum Gasteiger partial charge on any atom is -0.454 e. The van der Waals surface area contributed by atoms with Crippen LogP contribution in [0.4, 0.5) is 22.7 Å². The molecule has 49 heavy (non-hydrogen) atoms. The van der Waals surface area contributed by atoms with E-state index in [0.29, 0.717) is 0 Å². The molecule has 0 saturated heterocycles. The van der Waals surface area contributed by atoms with Crippen molar-refractivity contribution in [2.45, 2.75) is 0 Å². The van der Waals surface area contributed by atoms with Gasteiger partial charge in [-0.25, -0.2) is 0 Å². The summed E-state index contributed by atoms with van der Waals surface area (Å²) in [7, 11) is 0. The Labute approximate surface area is 282 Å². The number of aromatic nitrogens is 1. The van der Waals surface area contributed by atoms with Gasteiger partial charge < -0.3 is 19.1 Å². The summed E-state index contributed by atoms with van der Waals surface area (Å²) in [5.74, 6) is 0.843. The quantitative estimate of drug-likeness (QED) is 0.205. The van der Waals surface area contributed by atoms with Gasteiger partial charge in [0.2, 0.25) is 0 Å². The van der Waals surface area contributed by atoms with E-state index in [9.17, 15) is 0 Å². The number of furan rings is 2. The lowest BCUT2D eigenvalue weighted by Crippen LogP contribution is -2.11. The van der Waals surface area contributed by atoms with E-state index in [1.54, 1.807) is 0 Å². The van der Waals surface area contributed by atoms with Crippen LogP contribution in [0.15, 0.2) is 161 Å². The van der Waals surface area contributed by atoms with Crippen molar-refractivity contribution in [1.82, 2.24) is 4.98 Å². The summed E-state index contributed by atoms with van der Waals surface area (Å²) in [6.07, 6.45) is 5.95. The highest BCUT2D eigenvalue weighted by atomic mass is 16.3. The highest BCUT2D eigenvalue weighted by molar-refractivity contribution is 6.09. The highest BCUT2D eigenvalue weighted by Gasteiger charge is 2.23. The summed E-state index contributed by atoms with van der Waals surface area (Å²) in [4.78, 5) is 6.97. The van der Waals surface area contributed by atoms with Gasteiger partial charge in [-0.2, -0.15) is 0 Å². The molecule has 0 fully saturated rings. The summed E-state index contributed by atoms with van der Waals surface area (Å²) in [6.45, 7) is 0.750. The summed E-state index contributed by atoms with van der Waals surface area (Å²) < 4.78 is 12.5. The molecule has 5 nitrogen and oxygen atoms in total. The van der Waals surface area contributed by atoms with Crippen LogP contribution in [-0.4, -0.2) is 11.5 Å². The van der Waals surface area contributed by atoms with Crippen molar-refractivity contribution in [3.8, 4) is 22.3 Å². The number of nitrogens with one attached hydrogen (secondary N) is 1. The third-order valence-electron chi connectivity index (χ3n) is 9.54. The molecule has 1 aliphatic heterocycles. The van der Waals surface area contributed by atoms with Crippen LogP contribution in [0.1, 0.15) is 5.76 Å². The number of anilines is 4. The normalized spacial score (nSPS) is 12.5. The van der Waals surface area contributed by atoms with Crippen molar-refractivity contribution in [3.63, 3.8) is 0 Å². The Morgan fingerprint density at radius 1 is 0.571 bits per heavy atom. The van der Waals surface area contributed by atoms with Gasteiger partial charge in [0.25, 0.3) is 0 Å². The molecule has 0 atom stereocenters. The van der Waals surface area contributed by atoms with Crippen molar-refractivity contribution in [2.75, 3.05) is 16.8 Å². The van der Waals surface area contributed by atoms with Gasteiger partial charge in [0.15, 0.2) is 11.3 Å². The SMILES string of the molecule is C1=Cc2oc3cccc(N(c4ccc(-c5ccc(-c6ccccc6)c6ccccc56)cc4)c4ccc5oc6cccnc6c5c4)c3c2NC1. The van der Waals surface area contributed by atoms with Crippen molar-refractivity contribution in [2.24, 2.45) is 0 Å². The molecule has 0 saturated carbocycles. The number of rotatable bonds is 5. The van der Waals surface area contributed by atoms with E-state index in [4.69, 9.17) is 8.83 Å². The van der Waals surface area contributed by atoms with Gasteiger partial charge in [-0.15, -0.1) is 0 Å². The summed E-state index contributed by atoms with van der Waals surface area (Å²) >= 11 is 0. The predicted octanol–water partition coefficient (Wildman–Crippen LogP) is 12.1. The number of hydrogen-bond donors (Lipinski definition) is 1. The molecule has 232 valence electrons. The van der Waals surface area contributed by atoms with Crippen LogP contribution < -0.4 is 10.2 Å². The Morgan fingerprint density at radius 3 is 2.12 bits per heavy atom. The number of fused-ring (bicyclic) bond motifs is 7. The van der Waals surface area contributed by atoms with Crippen LogP contribution in [0.3, 0.4) is 0 Å². The molecule has 1 N–H and O–H groups in total. The van der Waals surface area contributed by atoms with Gasteiger partial charge >= 0.3 is 0 Å². The monoisotopic (exact) mass is 631 g/mol. The molecule has 0 radical (unpaired) electrons. The molecule has 6 aromatic carbocycles. The third-order valence-corrected chi connectivity index (χ3v) is 9.54. The van der Waals surface area contributed by atoms with Crippen LogP contribution in [0, 0.1) is 0 Å². The highest BCUT2D eigenvalue weighted by Crippen LogP contribution is 2.46. The molecule has 5 heteroatoms. The Kier molecular flexibility index (Phi) is 6.18. The minimum atomic E-state index is 0.750. The molecule has 0 bridgehead atoms. The Hall–Kier alpha value is -6.59. The van der Waals surface area contributed by atoms with Gasteiger partial charge in [0, 0.05) is 29.5 Å². The molecule has 0 spiro atoms. The van der Waals surface area contributed by atoms with Gasteiger partial charge in [-0.3, -0.25) is 4.98 Å². The number of benzene rings is 6. The first-order valence-electron chi connectivity index (χ1n) is 16.5. The molecule has 3 aromatic heterocycles. The van der Waals surface area contributed by atoms with Crippen LogP contribution >= 0.6 is 0 Å². The lowest BCUT2D eigenvalue weighted by Gasteiger charge is -2.27. The average Bonchev–Trinajstić information content (AvgIpc) is 3.74. The van der Waals surface area contributed by atoms with Crippen LogP contribution in [0.5, 0.6) is 0 Å². The minimum absolute atomic E-state index is 0.750. The van der Waals surface area contributed by atoms with Crippen molar-refractivity contribution >= 4 is 72.6 Å². The number of nitrogens with zero attached hydrogens (tertiary/aromatic N) is 2. The fourth-order valence-corrected chi connectivity index (χ4v) is 7.32. The lowest BCUT2D eigenvalue weighted by molar-refractivity contribution is 0.604. The smallest absolute Gasteiger partial charge is 0.153 e. The molecular formula is C44H29N3O2.